The predicted molar refractivity (Wildman–Crippen MR) is 79.8 cm³/mol. The summed E-state index contributed by atoms with van der Waals surface area (Å²) in [5.74, 6) is 0.697. The van der Waals surface area contributed by atoms with Crippen LogP contribution in [0.4, 0.5) is 5.69 Å². The van der Waals surface area contributed by atoms with Gasteiger partial charge in [0.05, 0.1) is 9.95 Å². The van der Waals surface area contributed by atoms with E-state index in [1.165, 1.54) is 16.4 Å². The van der Waals surface area contributed by atoms with Gasteiger partial charge in [0.1, 0.15) is 4.90 Å². The maximum absolute atomic E-state index is 12.7. The number of non-ortho nitro benzene ring substituents is 1. The zero-order chi connectivity index (χ0) is 15.8. The Balaban J connectivity index is 2.40. The van der Waals surface area contributed by atoms with E-state index in [4.69, 9.17) is 11.6 Å². The van der Waals surface area contributed by atoms with Crippen LogP contribution in [0.3, 0.4) is 0 Å². The molecule has 116 valence electrons. The second-order valence-corrected chi connectivity index (χ2v) is 7.79. The highest BCUT2D eigenvalue weighted by Crippen LogP contribution is 2.32. The maximum Gasteiger partial charge on any atom is 0.270 e. The molecule has 0 saturated carbocycles. The first kappa shape index (κ1) is 16.2. The lowest BCUT2D eigenvalue weighted by Crippen LogP contribution is -2.42. The predicted octanol–water partition coefficient (Wildman–Crippen LogP) is 2.91. The van der Waals surface area contributed by atoms with E-state index < -0.39 is 14.9 Å². The first-order chi connectivity index (χ1) is 9.73. The fraction of sp³-hybridized carbons (Fsp3) is 0.538. The molecule has 2 rings (SSSR count). The topological polar surface area (TPSA) is 80.5 Å². The van der Waals surface area contributed by atoms with Crippen molar-refractivity contribution in [2.45, 2.75) is 25.2 Å². The minimum absolute atomic E-state index is 0.00637. The molecule has 0 amide bonds. The number of benzene rings is 1. The van der Waals surface area contributed by atoms with E-state index in [9.17, 15) is 18.5 Å². The van der Waals surface area contributed by atoms with Gasteiger partial charge in [-0.15, -0.1) is 0 Å². The summed E-state index contributed by atoms with van der Waals surface area (Å²) in [6.07, 6.45) is 0.771. The number of nitro benzene ring substituents is 1. The number of nitrogens with zero attached hydrogens (tertiary/aromatic N) is 2. The molecule has 0 N–H and O–H groups in total. The van der Waals surface area contributed by atoms with Crippen LogP contribution in [0.1, 0.15) is 20.3 Å². The zero-order valence-corrected chi connectivity index (χ0v) is 13.4. The minimum atomic E-state index is -3.81. The monoisotopic (exact) mass is 332 g/mol. The lowest BCUT2D eigenvalue weighted by molar-refractivity contribution is -0.385. The van der Waals surface area contributed by atoms with E-state index in [1.54, 1.807) is 0 Å². The van der Waals surface area contributed by atoms with E-state index in [-0.39, 0.29) is 21.5 Å². The van der Waals surface area contributed by atoms with E-state index in [0.29, 0.717) is 19.0 Å². The smallest absolute Gasteiger partial charge is 0.258 e. The van der Waals surface area contributed by atoms with Crippen LogP contribution in [-0.4, -0.2) is 30.7 Å². The zero-order valence-electron chi connectivity index (χ0n) is 11.8. The normalized spacial score (nSPS) is 24.0. The maximum atomic E-state index is 12.7. The average Bonchev–Trinajstić information content (AvgIpc) is 2.41. The quantitative estimate of drug-likeness (QED) is 0.629. The van der Waals surface area contributed by atoms with Gasteiger partial charge >= 0.3 is 0 Å². The van der Waals surface area contributed by atoms with Crippen molar-refractivity contribution < 1.29 is 13.3 Å². The number of halogens is 1. The van der Waals surface area contributed by atoms with Crippen LogP contribution in [-0.2, 0) is 10.0 Å². The molecular weight excluding hydrogens is 316 g/mol. The van der Waals surface area contributed by atoms with Crippen molar-refractivity contribution in [3.05, 3.63) is 33.3 Å². The number of piperidine rings is 1. The van der Waals surface area contributed by atoms with Crippen molar-refractivity contribution in [2.24, 2.45) is 11.8 Å². The van der Waals surface area contributed by atoms with E-state index in [2.05, 4.69) is 6.92 Å². The molecule has 8 heteroatoms. The third kappa shape index (κ3) is 3.20. The van der Waals surface area contributed by atoms with Crippen LogP contribution >= 0.6 is 11.6 Å². The highest BCUT2D eigenvalue weighted by molar-refractivity contribution is 7.89. The standard InChI is InChI=1S/C13H17ClN2O4S/c1-9-5-6-15(8-10(9)2)21(19,20)13-7-11(16(17)18)3-4-12(13)14/h3-4,7,9-10H,5-6,8H2,1-2H3. The summed E-state index contributed by atoms with van der Waals surface area (Å²) in [6, 6.07) is 3.48. The Morgan fingerprint density at radius 3 is 2.57 bits per heavy atom. The molecule has 0 aliphatic carbocycles. The highest BCUT2D eigenvalue weighted by Gasteiger charge is 2.33. The van der Waals surface area contributed by atoms with Crippen LogP contribution in [0.15, 0.2) is 23.1 Å². The third-order valence-electron chi connectivity index (χ3n) is 4.04. The van der Waals surface area contributed by atoms with Crippen LogP contribution in [0.25, 0.3) is 0 Å². The van der Waals surface area contributed by atoms with Gasteiger partial charge in [-0.05, 0) is 24.3 Å². The van der Waals surface area contributed by atoms with Gasteiger partial charge in [-0.1, -0.05) is 25.4 Å². The number of rotatable bonds is 3. The van der Waals surface area contributed by atoms with E-state index >= 15 is 0 Å². The summed E-state index contributed by atoms with van der Waals surface area (Å²) in [7, 11) is -3.81. The summed E-state index contributed by atoms with van der Waals surface area (Å²) < 4.78 is 26.7. The van der Waals surface area contributed by atoms with Crippen LogP contribution in [0.5, 0.6) is 0 Å². The molecule has 0 bridgehead atoms. The van der Waals surface area contributed by atoms with Gasteiger partial charge in [0.25, 0.3) is 5.69 Å². The molecule has 1 saturated heterocycles. The molecule has 0 radical (unpaired) electrons. The van der Waals surface area contributed by atoms with Gasteiger partial charge in [-0.25, -0.2) is 8.42 Å². The Bertz CT molecular complexity index is 662. The van der Waals surface area contributed by atoms with Gasteiger partial charge in [-0.2, -0.15) is 4.31 Å². The van der Waals surface area contributed by atoms with Gasteiger partial charge in [0.2, 0.25) is 10.0 Å². The molecule has 1 fully saturated rings. The largest absolute Gasteiger partial charge is 0.270 e. The van der Waals surface area contributed by atoms with Crippen molar-refractivity contribution in [1.82, 2.24) is 4.31 Å². The van der Waals surface area contributed by atoms with Crippen molar-refractivity contribution >= 4 is 27.3 Å². The van der Waals surface area contributed by atoms with Crippen molar-refractivity contribution in [3.63, 3.8) is 0 Å². The van der Waals surface area contributed by atoms with Crippen molar-refractivity contribution in [1.29, 1.82) is 0 Å². The molecular formula is C13H17ClN2O4S. The Hall–Kier alpha value is -1.18. The Morgan fingerprint density at radius 2 is 2.00 bits per heavy atom. The Kier molecular flexibility index (Phi) is 4.55. The second-order valence-electron chi connectivity index (χ2n) is 5.48. The molecule has 1 heterocycles. The first-order valence-electron chi connectivity index (χ1n) is 6.67. The van der Waals surface area contributed by atoms with Crippen LogP contribution in [0, 0.1) is 22.0 Å². The summed E-state index contributed by atoms with van der Waals surface area (Å²) in [5, 5.41) is 10.8. The SMILES string of the molecule is CC1CCN(S(=O)(=O)c2cc([N+](=O)[O-])ccc2Cl)CC1C. The Labute approximate surface area is 128 Å². The third-order valence-corrected chi connectivity index (χ3v) is 6.39. The van der Waals surface area contributed by atoms with Crippen LogP contribution in [0.2, 0.25) is 5.02 Å². The molecule has 2 atom stereocenters. The molecule has 1 aromatic carbocycles. The van der Waals surface area contributed by atoms with Gasteiger partial charge in [0, 0.05) is 25.2 Å². The second kappa shape index (κ2) is 5.90. The number of hydrogen-bond acceptors (Lipinski definition) is 4. The molecule has 1 aliphatic heterocycles. The summed E-state index contributed by atoms with van der Waals surface area (Å²) in [5.41, 5.74) is -0.281. The number of sulfonamides is 1. The Morgan fingerprint density at radius 1 is 1.33 bits per heavy atom. The molecule has 1 aromatic rings. The molecule has 6 nitrogen and oxygen atoms in total. The fourth-order valence-electron chi connectivity index (χ4n) is 2.39. The first-order valence-corrected chi connectivity index (χ1v) is 8.49. The fourth-order valence-corrected chi connectivity index (χ4v) is 4.43. The number of hydrogen-bond donors (Lipinski definition) is 0. The van der Waals surface area contributed by atoms with Crippen LogP contribution < -0.4 is 0 Å². The number of nitro groups is 1. The summed E-state index contributed by atoms with van der Waals surface area (Å²) >= 11 is 5.94. The van der Waals surface area contributed by atoms with Gasteiger partial charge < -0.3 is 0 Å². The van der Waals surface area contributed by atoms with E-state index in [1.807, 2.05) is 6.92 Å². The van der Waals surface area contributed by atoms with Crippen molar-refractivity contribution in [3.8, 4) is 0 Å². The van der Waals surface area contributed by atoms with E-state index in [0.717, 1.165) is 12.5 Å². The molecule has 0 spiro atoms. The highest BCUT2D eigenvalue weighted by atomic mass is 35.5. The lowest BCUT2D eigenvalue weighted by Gasteiger charge is -2.34. The minimum Gasteiger partial charge on any atom is -0.258 e. The molecule has 21 heavy (non-hydrogen) atoms. The van der Waals surface area contributed by atoms with Crippen molar-refractivity contribution in [2.75, 3.05) is 13.1 Å². The lowest BCUT2D eigenvalue weighted by atomic mass is 9.90. The summed E-state index contributed by atoms with van der Waals surface area (Å²) in [6.45, 7) is 4.91. The molecule has 1 aliphatic rings. The molecule has 0 aromatic heterocycles. The molecule has 2 unspecified atom stereocenters. The summed E-state index contributed by atoms with van der Waals surface area (Å²) in [4.78, 5) is 9.99. The average molecular weight is 333 g/mol. The van der Waals surface area contributed by atoms with Gasteiger partial charge in [-0.3, -0.25) is 10.1 Å². The van der Waals surface area contributed by atoms with Gasteiger partial charge in [0.15, 0.2) is 0 Å².